The normalized spacial score (nSPS) is 11.5. The maximum Gasteiger partial charge on any atom is 0.338 e. The van der Waals surface area contributed by atoms with Crippen molar-refractivity contribution in [2.45, 2.75) is 33.3 Å². The van der Waals surface area contributed by atoms with Crippen LogP contribution in [0.5, 0.6) is 0 Å². The van der Waals surface area contributed by atoms with Crippen LogP contribution in [0, 0.1) is 6.92 Å². The highest BCUT2D eigenvalue weighted by atomic mass is 16.6. The Bertz CT molecular complexity index is 720. The number of esters is 1. The highest BCUT2D eigenvalue weighted by Crippen LogP contribution is 2.11. The van der Waals surface area contributed by atoms with Crippen LogP contribution in [0.4, 0.5) is 0 Å². The number of aromatic amines is 1. The van der Waals surface area contributed by atoms with Gasteiger partial charge in [-0.1, -0.05) is 0 Å². The molecule has 0 saturated heterocycles. The molecule has 1 N–H and O–H groups in total. The van der Waals surface area contributed by atoms with Gasteiger partial charge >= 0.3 is 11.7 Å². The predicted molar refractivity (Wildman–Crippen MR) is 87.1 cm³/mol. The van der Waals surface area contributed by atoms with Gasteiger partial charge in [0.1, 0.15) is 6.61 Å². The quantitative estimate of drug-likeness (QED) is 0.679. The molecule has 6 nitrogen and oxygen atoms in total. The van der Waals surface area contributed by atoms with Crippen LogP contribution < -0.4 is 5.69 Å². The second-order valence-electron chi connectivity index (χ2n) is 6.21. The average Bonchev–Trinajstić information content (AvgIpc) is 2.82. The van der Waals surface area contributed by atoms with E-state index in [0.29, 0.717) is 17.9 Å². The van der Waals surface area contributed by atoms with Crippen molar-refractivity contribution in [3.8, 4) is 5.69 Å². The summed E-state index contributed by atoms with van der Waals surface area (Å²) in [4.78, 5) is 26.3. The number of nitrogens with one attached hydrogen (secondary N) is 1. The Morgan fingerprint density at radius 3 is 2.35 bits per heavy atom. The average molecular weight is 318 g/mol. The molecule has 1 aromatic heterocycles. The van der Waals surface area contributed by atoms with Crippen molar-refractivity contribution in [2.24, 2.45) is 0 Å². The summed E-state index contributed by atoms with van der Waals surface area (Å²) in [5, 5.41) is 0. The number of carbonyl (C=O) groups excluding carboxylic acids is 1. The Hall–Kier alpha value is -2.34. The van der Waals surface area contributed by atoms with Gasteiger partial charge in [-0.05, 0) is 52.0 Å². The molecular weight excluding hydrogens is 296 g/mol. The zero-order valence-corrected chi connectivity index (χ0v) is 13.9. The fraction of sp³-hybridized carbons (Fsp3) is 0.412. The van der Waals surface area contributed by atoms with E-state index < -0.39 is 5.97 Å². The Morgan fingerprint density at radius 2 is 1.83 bits per heavy atom. The first kappa shape index (κ1) is 17.0. The minimum absolute atomic E-state index is 0.203. The summed E-state index contributed by atoms with van der Waals surface area (Å²) in [6.07, 6.45) is 1.64. The van der Waals surface area contributed by atoms with Crippen LogP contribution in [0.3, 0.4) is 0 Å². The summed E-state index contributed by atoms with van der Waals surface area (Å²) in [5.41, 5.74) is 1.46. The van der Waals surface area contributed by atoms with Gasteiger partial charge < -0.3 is 14.5 Å². The van der Waals surface area contributed by atoms with E-state index in [1.165, 1.54) is 4.57 Å². The molecule has 0 radical (unpaired) electrons. The number of nitrogens with zero attached hydrogens (tertiary/aromatic N) is 1. The molecule has 0 unspecified atom stereocenters. The van der Waals surface area contributed by atoms with Crippen LogP contribution >= 0.6 is 0 Å². The Balaban J connectivity index is 1.97. The molecule has 124 valence electrons. The van der Waals surface area contributed by atoms with E-state index in [1.54, 1.807) is 30.5 Å². The molecule has 0 aliphatic heterocycles. The van der Waals surface area contributed by atoms with E-state index in [2.05, 4.69) is 4.98 Å². The molecule has 0 spiro atoms. The maximum atomic E-state index is 11.9. The molecule has 2 aromatic rings. The van der Waals surface area contributed by atoms with E-state index in [0.717, 1.165) is 5.69 Å². The molecule has 0 aliphatic rings. The fourth-order valence-electron chi connectivity index (χ4n) is 2.09. The summed E-state index contributed by atoms with van der Waals surface area (Å²) in [5.74, 6) is -0.410. The van der Waals surface area contributed by atoms with Gasteiger partial charge in [0.15, 0.2) is 0 Å². The van der Waals surface area contributed by atoms with Crippen molar-refractivity contribution in [2.75, 3.05) is 13.2 Å². The predicted octanol–water partition coefficient (Wildman–Crippen LogP) is 2.45. The molecule has 0 saturated carbocycles. The lowest BCUT2D eigenvalue weighted by Gasteiger charge is -2.19. The van der Waals surface area contributed by atoms with Crippen LogP contribution in [-0.4, -0.2) is 34.3 Å². The lowest BCUT2D eigenvalue weighted by molar-refractivity contribution is -0.0281. The van der Waals surface area contributed by atoms with Gasteiger partial charge in [-0.3, -0.25) is 4.57 Å². The SMILES string of the molecule is Cc1c[nH]c(=O)n1-c1ccc(C(=O)OCCOC(C)(C)C)cc1. The summed E-state index contributed by atoms with van der Waals surface area (Å²) in [7, 11) is 0. The van der Waals surface area contributed by atoms with Crippen molar-refractivity contribution in [3.63, 3.8) is 0 Å². The zero-order valence-electron chi connectivity index (χ0n) is 13.9. The third-order valence-corrected chi connectivity index (χ3v) is 3.17. The minimum Gasteiger partial charge on any atom is -0.460 e. The van der Waals surface area contributed by atoms with Crippen LogP contribution in [0.15, 0.2) is 35.3 Å². The van der Waals surface area contributed by atoms with E-state index >= 15 is 0 Å². The minimum atomic E-state index is -0.410. The van der Waals surface area contributed by atoms with E-state index in [9.17, 15) is 9.59 Å². The number of imidazole rings is 1. The largest absolute Gasteiger partial charge is 0.460 e. The topological polar surface area (TPSA) is 73.3 Å². The van der Waals surface area contributed by atoms with Gasteiger partial charge in [0, 0.05) is 11.9 Å². The molecule has 0 atom stereocenters. The van der Waals surface area contributed by atoms with Crippen LogP contribution in [0.25, 0.3) is 5.69 Å². The first-order valence-electron chi connectivity index (χ1n) is 7.46. The molecule has 0 aliphatic carbocycles. The smallest absolute Gasteiger partial charge is 0.338 e. The number of hydrogen-bond donors (Lipinski definition) is 1. The summed E-state index contributed by atoms with van der Waals surface area (Å²) in [6, 6.07) is 6.71. The molecular formula is C17H22N2O4. The number of aryl methyl sites for hydroxylation is 1. The van der Waals surface area contributed by atoms with Gasteiger partial charge in [-0.25, -0.2) is 9.59 Å². The summed E-state index contributed by atoms with van der Waals surface area (Å²) in [6.45, 7) is 8.21. The second-order valence-corrected chi connectivity index (χ2v) is 6.21. The molecule has 6 heteroatoms. The number of ether oxygens (including phenoxy) is 2. The molecule has 23 heavy (non-hydrogen) atoms. The molecule has 1 heterocycles. The lowest BCUT2D eigenvalue weighted by Crippen LogP contribution is -2.22. The van der Waals surface area contributed by atoms with Crippen molar-refractivity contribution in [1.82, 2.24) is 9.55 Å². The Labute approximate surface area is 135 Å². The summed E-state index contributed by atoms with van der Waals surface area (Å²) >= 11 is 0. The van der Waals surface area contributed by atoms with Gasteiger partial charge in [-0.2, -0.15) is 0 Å². The standard InChI is InChI=1S/C17H22N2O4/c1-12-11-18-16(21)19(12)14-7-5-13(6-8-14)15(20)22-9-10-23-17(2,3)4/h5-8,11H,9-10H2,1-4H3,(H,18,21). The van der Waals surface area contributed by atoms with Crippen LogP contribution in [0.2, 0.25) is 0 Å². The first-order chi connectivity index (χ1) is 10.8. The number of benzene rings is 1. The van der Waals surface area contributed by atoms with Crippen LogP contribution in [0.1, 0.15) is 36.8 Å². The molecule has 0 fully saturated rings. The third kappa shape index (κ3) is 4.56. The second kappa shape index (κ2) is 6.83. The van der Waals surface area contributed by atoms with Crippen molar-refractivity contribution < 1.29 is 14.3 Å². The highest BCUT2D eigenvalue weighted by Gasteiger charge is 2.12. The summed E-state index contributed by atoms with van der Waals surface area (Å²) < 4.78 is 12.2. The molecule has 0 bridgehead atoms. The maximum absolute atomic E-state index is 11.9. The van der Waals surface area contributed by atoms with E-state index in [4.69, 9.17) is 9.47 Å². The number of rotatable bonds is 5. The molecule has 2 rings (SSSR count). The van der Waals surface area contributed by atoms with Gasteiger partial charge in [-0.15, -0.1) is 0 Å². The monoisotopic (exact) mass is 318 g/mol. The van der Waals surface area contributed by atoms with Gasteiger partial charge in [0.05, 0.1) is 23.5 Å². The van der Waals surface area contributed by atoms with Gasteiger partial charge in [0.25, 0.3) is 0 Å². The highest BCUT2D eigenvalue weighted by molar-refractivity contribution is 5.89. The third-order valence-electron chi connectivity index (χ3n) is 3.17. The van der Waals surface area contributed by atoms with Crippen molar-refractivity contribution in [3.05, 3.63) is 52.2 Å². The van der Waals surface area contributed by atoms with Gasteiger partial charge in [0.2, 0.25) is 0 Å². The first-order valence-corrected chi connectivity index (χ1v) is 7.46. The lowest BCUT2D eigenvalue weighted by atomic mass is 10.2. The molecule has 0 amide bonds. The van der Waals surface area contributed by atoms with E-state index in [-0.39, 0.29) is 17.9 Å². The Kier molecular flexibility index (Phi) is 5.05. The number of H-pyrrole nitrogens is 1. The number of aromatic nitrogens is 2. The van der Waals surface area contributed by atoms with Crippen molar-refractivity contribution in [1.29, 1.82) is 0 Å². The number of hydrogen-bond acceptors (Lipinski definition) is 4. The Morgan fingerprint density at radius 1 is 1.17 bits per heavy atom. The van der Waals surface area contributed by atoms with Crippen LogP contribution in [-0.2, 0) is 9.47 Å². The number of carbonyl (C=O) groups is 1. The fourth-order valence-corrected chi connectivity index (χ4v) is 2.09. The molecule has 1 aromatic carbocycles. The van der Waals surface area contributed by atoms with Crippen molar-refractivity contribution >= 4 is 5.97 Å². The zero-order chi connectivity index (χ0) is 17.0. The van der Waals surface area contributed by atoms with E-state index in [1.807, 2.05) is 27.7 Å².